The maximum absolute atomic E-state index is 8.91. The minimum absolute atomic E-state index is 0.644. The molecule has 0 saturated carbocycles. The Morgan fingerprint density at radius 2 is 2.11 bits per heavy atom. The molecule has 0 unspecified atom stereocenters. The number of aromatic nitrogens is 1. The predicted molar refractivity (Wildman–Crippen MR) is 79.9 cm³/mol. The van der Waals surface area contributed by atoms with Crippen LogP contribution in [0.2, 0.25) is 0 Å². The molecule has 0 atom stereocenters. The van der Waals surface area contributed by atoms with Gasteiger partial charge in [-0.1, -0.05) is 6.07 Å². The summed E-state index contributed by atoms with van der Waals surface area (Å²) in [6.07, 6.45) is 0. The van der Waals surface area contributed by atoms with Gasteiger partial charge in [0.05, 0.1) is 17.8 Å². The zero-order chi connectivity index (χ0) is 13.8. The highest BCUT2D eigenvalue weighted by atomic mass is 79.9. The highest BCUT2D eigenvalue weighted by Gasteiger charge is 2.06. The van der Waals surface area contributed by atoms with E-state index in [2.05, 4.69) is 31.9 Å². The summed E-state index contributed by atoms with van der Waals surface area (Å²) in [5.41, 5.74) is 3.75. The number of benzene rings is 1. The summed E-state index contributed by atoms with van der Waals surface area (Å²) < 4.78 is 0.816. The molecule has 2 rings (SSSR count). The molecular formula is C15H14BrN3. The Morgan fingerprint density at radius 3 is 2.74 bits per heavy atom. The van der Waals surface area contributed by atoms with Crippen LogP contribution in [0.3, 0.4) is 0 Å². The van der Waals surface area contributed by atoms with Crippen molar-refractivity contribution in [1.29, 1.82) is 5.26 Å². The lowest BCUT2D eigenvalue weighted by atomic mass is 10.2. The van der Waals surface area contributed by atoms with Gasteiger partial charge in [-0.15, -0.1) is 0 Å². The van der Waals surface area contributed by atoms with Gasteiger partial charge in [0.1, 0.15) is 6.07 Å². The fourth-order valence-corrected chi connectivity index (χ4v) is 2.31. The number of anilines is 1. The molecule has 0 N–H and O–H groups in total. The average Bonchev–Trinajstić information content (AvgIpc) is 2.38. The summed E-state index contributed by atoms with van der Waals surface area (Å²) in [5, 5.41) is 8.91. The highest BCUT2D eigenvalue weighted by molar-refractivity contribution is 9.10. The monoisotopic (exact) mass is 315 g/mol. The Kier molecular flexibility index (Phi) is 4.18. The first-order valence-electron chi connectivity index (χ1n) is 5.93. The minimum atomic E-state index is 0.644. The first-order chi connectivity index (χ1) is 9.10. The van der Waals surface area contributed by atoms with E-state index in [1.54, 1.807) is 0 Å². The second-order valence-corrected chi connectivity index (χ2v) is 5.26. The van der Waals surface area contributed by atoms with E-state index in [0.29, 0.717) is 5.56 Å². The Balaban J connectivity index is 2.18. The number of rotatable bonds is 3. The third-order valence-electron chi connectivity index (χ3n) is 2.86. The predicted octanol–water partition coefficient (Wildman–Crippen LogP) is 3.66. The van der Waals surface area contributed by atoms with Gasteiger partial charge in [-0.3, -0.25) is 4.98 Å². The van der Waals surface area contributed by atoms with Crippen molar-refractivity contribution < 1.29 is 0 Å². The van der Waals surface area contributed by atoms with Crippen LogP contribution in [0.25, 0.3) is 0 Å². The average molecular weight is 316 g/mol. The van der Waals surface area contributed by atoms with Crippen LogP contribution in [-0.2, 0) is 6.54 Å². The number of nitriles is 1. The van der Waals surface area contributed by atoms with Gasteiger partial charge in [-0.2, -0.15) is 5.26 Å². The smallest absolute Gasteiger partial charge is 0.100 e. The topological polar surface area (TPSA) is 39.9 Å². The molecular weight excluding hydrogens is 302 g/mol. The van der Waals surface area contributed by atoms with Gasteiger partial charge < -0.3 is 4.90 Å². The van der Waals surface area contributed by atoms with Crippen LogP contribution >= 0.6 is 15.9 Å². The van der Waals surface area contributed by atoms with Crippen molar-refractivity contribution in [3.8, 4) is 6.07 Å². The van der Waals surface area contributed by atoms with Crippen molar-refractivity contribution in [2.24, 2.45) is 0 Å². The zero-order valence-electron chi connectivity index (χ0n) is 10.9. The van der Waals surface area contributed by atoms with Crippen LogP contribution in [-0.4, -0.2) is 12.0 Å². The van der Waals surface area contributed by atoms with Gasteiger partial charge in [0.15, 0.2) is 0 Å². The van der Waals surface area contributed by atoms with Crippen molar-refractivity contribution in [3.63, 3.8) is 0 Å². The van der Waals surface area contributed by atoms with E-state index in [1.807, 2.05) is 50.4 Å². The fraction of sp³-hybridized carbons (Fsp3) is 0.200. The van der Waals surface area contributed by atoms with Gasteiger partial charge in [-0.05, 0) is 53.2 Å². The van der Waals surface area contributed by atoms with Crippen molar-refractivity contribution >= 4 is 21.6 Å². The molecule has 0 aliphatic heterocycles. The van der Waals surface area contributed by atoms with E-state index >= 15 is 0 Å². The van der Waals surface area contributed by atoms with Crippen LogP contribution in [0.5, 0.6) is 0 Å². The quantitative estimate of drug-likeness (QED) is 0.867. The van der Waals surface area contributed by atoms with Crippen molar-refractivity contribution in [3.05, 3.63) is 57.8 Å². The van der Waals surface area contributed by atoms with E-state index in [4.69, 9.17) is 5.26 Å². The number of halogens is 1. The molecule has 1 aromatic heterocycles. The lowest BCUT2D eigenvalue weighted by Gasteiger charge is -2.19. The second kappa shape index (κ2) is 5.85. The third-order valence-corrected chi connectivity index (χ3v) is 3.52. The number of hydrogen-bond acceptors (Lipinski definition) is 3. The maximum atomic E-state index is 8.91. The molecule has 1 heterocycles. The first-order valence-corrected chi connectivity index (χ1v) is 6.73. The van der Waals surface area contributed by atoms with E-state index in [-0.39, 0.29) is 0 Å². The summed E-state index contributed by atoms with van der Waals surface area (Å²) in [7, 11) is 2.01. The Hall–Kier alpha value is -1.86. The van der Waals surface area contributed by atoms with Gasteiger partial charge in [0.2, 0.25) is 0 Å². The molecule has 0 aliphatic rings. The normalized spacial score (nSPS) is 10.0. The molecule has 0 saturated heterocycles. The lowest BCUT2D eigenvalue weighted by Crippen LogP contribution is -2.17. The summed E-state index contributed by atoms with van der Waals surface area (Å²) in [4.78, 5) is 6.59. The minimum Gasteiger partial charge on any atom is -0.369 e. The molecule has 0 spiro atoms. The molecule has 2 aromatic rings. The van der Waals surface area contributed by atoms with E-state index in [0.717, 1.165) is 28.1 Å². The molecule has 19 heavy (non-hydrogen) atoms. The van der Waals surface area contributed by atoms with Gasteiger partial charge in [0, 0.05) is 22.9 Å². The van der Waals surface area contributed by atoms with E-state index in [9.17, 15) is 0 Å². The lowest BCUT2D eigenvalue weighted by molar-refractivity contribution is 0.876. The van der Waals surface area contributed by atoms with Crippen molar-refractivity contribution in [2.45, 2.75) is 13.5 Å². The number of hydrogen-bond donors (Lipinski definition) is 0. The fourth-order valence-electron chi connectivity index (χ4n) is 1.85. The molecule has 0 aliphatic carbocycles. The highest BCUT2D eigenvalue weighted by Crippen LogP contribution is 2.23. The molecule has 0 radical (unpaired) electrons. The van der Waals surface area contributed by atoms with Gasteiger partial charge in [-0.25, -0.2) is 0 Å². The van der Waals surface area contributed by atoms with Crippen molar-refractivity contribution in [2.75, 3.05) is 11.9 Å². The van der Waals surface area contributed by atoms with E-state index in [1.165, 1.54) is 0 Å². The standard InChI is InChI=1S/C15H14BrN3/c1-11-4-3-5-13(18-11)10-19(2)14-7-6-12(9-17)15(16)8-14/h3-8H,10H2,1-2H3. The second-order valence-electron chi connectivity index (χ2n) is 4.40. The first kappa shape index (κ1) is 13.6. The Labute approximate surface area is 121 Å². The van der Waals surface area contributed by atoms with Crippen LogP contribution in [0.4, 0.5) is 5.69 Å². The molecule has 4 heteroatoms. The van der Waals surface area contributed by atoms with Crippen molar-refractivity contribution in [1.82, 2.24) is 4.98 Å². The van der Waals surface area contributed by atoms with E-state index < -0.39 is 0 Å². The summed E-state index contributed by atoms with van der Waals surface area (Å²) in [5.74, 6) is 0. The Morgan fingerprint density at radius 1 is 1.32 bits per heavy atom. The van der Waals surface area contributed by atoms with Gasteiger partial charge in [0.25, 0.3) is 0 Å². The van der Waals surface area contributed by atoms with Crippen LogP contribution in [0.1, 0.15) is 17.0 Å². The molecule has 0 bridgehead atoms. The van der Waals surface area contributed by atoms with Crippen LogP contribution in [0, 0.1) is 18.3 Å². The summed E-state index contributed by atoms with van der Waals surface area (Å²) >= 11 is 3.41. The molecule has 0 amide bonds. The number of nitrogens with zero attached hydrogens (tertiary/aromatic N) is 3. The zero-order valence-corrected chi connectivity index (χ0v) is 12.5. The molecule has 0 fully saturated rings. The molecule has 1 aromatic carbocycles. The molecule has 96 valence electrons. The number of aryl methyl sites for hydroxylation is 1. The largest absolute Gasteiger partial charge is 0.369 e. The maximum Gasteiger partial charge on any atom is 0.100 e. The number of pyridine rings is 1. The molecule has 3 nitrogen and oxygen atoms in total. The van der Waals surface area contributed by atoms with Crippen LogP contribution < -0.4 is 4.90 Å². The van der Waals surface area contributed by atoms with Gasteiger partial charge >= 0.3 is 0 Å². The third kappa shape index (κ3) is 3.33. The van der Waals surface area contributed by atoms with Crippen LogP contribution in [0.15, 0.2) is 40.9 Å². The summed E-state index contributed by atoms with van der Waals surface area (Å²) in [6, 6.07) is 13.9. The summed E-state index contributed by atoms with van der Waals surface area (Å²) in [6.45, 7) is 2.72. The SMILES string of the molecule is Cc1cccc(CN(C)c2ccc(C#N)c(Br)c2)n1. The Bertz CT molecular complexity index is 632.